The molecule has 1 atom stereocenters. The molecule has 0 aromatic heterocycles. The van der Waals surface area contributed by atoms with Crippen molar-refractivity contribution in [2.75, 3.05) is 19.6 Å². The lowest BCUT2D eigenvalue weighted by atomic mass is 10.1. The highest BCUT2D eigenvalue weighted by atomic mass is 35.5. The Morgan fingerprint density at radius 2 is 2.29 bits per heavy atom. The standard InChI is InChI=1S/C13H17ClN2O/c1-9-3-4-11(12(14)7-9)13(17)16-6-5-15-10(2)8-16/h3-4,7,10,15H,5-6,8H2,1-2H3/t10-/m0/s1. The Hall–Kier alpha value is -1.06. The average Bonchev–Trinajstić information content (AvgIpc) is 2.28. The lowest BCUT2D eigenvalue weighted by Crippen LogP contribution is -2.51. The van der Waals surface area contributed by atoms with E-state index in [-0.39, 0.29) is 5.91 Å². The number of benzene rings is 1. The van der Waals surface area contributed by atoms with E-state index in [1.54, 1.807) is 0 Å². The molecule has 1 saturated heterocycles. The van der Waals surface area contributed by atoms with Gasteiger partial charge in [-0.2, -0.15) is 0 Å². The number of hydrogen-bond donors (Lipinski definition) is 1. The maximum atomic E-state index is 12.3. The van der Waals surface area contributed by atoms with Crippen LogP contribution in [0.2, 0.25) is 5.02 Å². The summed E-state index contributed by atoms with van der Waals surface area (Å²) in [4.78, 5) is 14.1. The summed E-state index contributed by atoms with van der Waals surface area (Å²) >= 11 is 6.12. The summed E-state index contributed by atoms with van der Waals surface area (Å²) in [6.45, 7) is 6.37. The number of nitrogens with one attached hydrogen (secondary N) is 1. The Labute approximate surface area is 107 Å². The predicted octanol–water partition coefficient (Wildman–Crippen LogP) is 2.08. The molecule has 1 amide bonds. The topological polar surface area (TPSA) is 32.3 Å². The van der Waals surface area contributed by atoms with Crippen LogP contribution in [-0.2, 0) is 0 Å². The molecule has 1 N–H and O–H groups in total. The predicted molar refractivity (Wildman–Crippen MR) is 69.6 cm³/mol. The molecule has 1 heterocycles. The van der Waals surface area contributed by atoms with Crippen LogP contribution in [0.3, 0.4) is 0 Å². The van der Waals surface area contributed by atoms with Crippen LogP contribution in [0, 0.1) is 6.92 Å². The second kappa shape index (κ2) is 5.07. The van der Waals surface area contributed by atoms with Crippen molar-refractivity contribution >= 4 is 17.5 Å². The van der Waals surface area contributed by atoms with Crippen LogP contribution >= 0.6 is 11.6 Å². The van der Waals surface area contributed by atoms with Gasteiger partial charge < -0.3 is 10.2 Å². The molecular weight excluding hydrogens is 236 g/mol. The molecule has 92 valence electrons. The van der Waals surface area contributed by atoms with Gasteiger partial charge in [-0.1, -0.05) is 17.7 Å². The summed E-state index contributed by atoms with van der Waals surface area (Å²) in [5, 5.41) is 3.86. The van der Waals surface area contributed by atoms with E-state index in [1.807, 2.05) is 30.0 Å². The van der Waals surface area contributed by atoms with Crippen molar-refractivity contribution in [1.82, 2.24) is 10.2 Å². The highest BCUT2D eigenvalue weighted by molar-refractivity contribution is 6.33. The van der Waals surface area contributed by atoms with E-state index in [4.69, 9.17) is 11.6 Å². The van der Waals surface area contributed by atoms with E-state index in [0.717, 1.165) is 25.2 Å². The molecule has 0 bridgehead atoms. The number of amides is 1. The van der Waals surface area contributed by atoms with Gasteiger partial charge in [-0.25, -0.2) is 0 Å². The minimum atomic E-state index is 0.0309. The number of nitrogens with zero attached hydrogens (tertiary/aromatic N) is 1. The zero-order valence-electron chi connectivity index (χ0n) is 10.2. The third-order valence-electron chi connectivity index (χ3n) is 3.01. The van der Waals surface area contributed by atoms with Crippen LogP contribution < -0.4 is 5.32 Å². The van der Waals surface area contributed by atoms with Crippen molar-refractivity contribution in [3.05, 3.63) is 34.3 Å². The van der Waals surface area contributed by atoms with Gasteiger partial charge in [0.25, 0.3) is 5.91 Å². The first-order valence-electron chi connectivity index (χ1n) is 5.87. The highest BCUT2D eigenvalue weighted by Gasteiger charge is 2.22. The maximum Gasteiger partial charge on any atom is 0.255 e. The Kier molecular flexibility index (Phi) is 3.69. The minimum Gasteiger partial charge on any atom is -0.336 e. The van der Waals surface area contributed by atoms with Crippen molar-refractivity contribution < 1.29 is 4.79 Å². The SMILES string of the molecule is Cc1ccc(C(=O)N2CCN[C@@H](C)C2)c(Cl)c1. The monoisotopic (exact) mass is 252 g/mol. The molecule has 1 fully saturated rings. The van der Waals surface area contributed by atoms with Gasteiger partial charge >= 0.3 is 0 Å². The summed E-state index contributed by atoms with van der Waals surface area (Å²) in [7, 11) is 0. The molecule has 2 rings (SSSR count). The number of aryl methyl sites for hydroxylation is 1. The van der Waals surface area contributed by atoms with Crippen LogP contribution in [0.4, 0.5) is 0 Å². The third kappa shape index (κ3) is 2.79. The van der Waals surface area contributed by atoms with Crippen molar-refractivity contribution in [3.63, 3.8) is 0 Å². The molecule has 1 aromatic rings. The lowest BCUT2D eigenvalue weighted by molar-refractivity contribution is 0.0709. The molecule has 1 aliphatic rings. The molecule has 3 nitrogen and oxygen atoms in total. The molecule has 0 spiro atoms. The van der Waals surface area contributed by atoms with Crippen LogP contribution in [0.5, 0.6) is 0 Å². The Bertz CT molecular complexity index is 433. The minimum absolute atomic E-state index is 0.0309. The molecule has 17 heavy (non-hydrogen) atoms. The average molecular weight is 253 g/mol. The number of piperazine rings is 1. The van der Waals surface area contributed by atoms with Crippen LogP contribution in [0.1, 0.15) is 22.8 Å². The van der Waals surface area contributed by atoms with E-state index >= 15 is 0 Å². The molecule has 1 aromatic carbocycles. The van der Waals surface area contributed by atoms with Gasteiger partial charge in [0.2, 0.25) is 0 Å². The van der Waals surface area contributed by atoms with E-state index in [2.05, 4.69) is 12.2 Å². The zero-order valence-corrected chi connectivity index (χ0v) is 10.9. The fourth-order valence-corrected chi connectivity index (χ4v) is 2.40. The summed E-state index contributed by atoms with van der Waals surface area (Å²) in [5.74, 6) is 0.0309. The van der Waals surface area contributed by atoms with Gasteiger partial charge in [-0.3, -0.25) is 4.79 Å². The van der Waals surface area contributed by atoms with Crippen molar-refractivity contribution in [3.8, 4) is 0 Å². The van der Waals surface area contributed by atoms with Gasteiger partial charge in [0.15, 0.2) is 0 Å². The van der Waals surface area contributed by atoms with Gasteiger partial charge in [-0.15, -0.1) is 0 Å². The summed E-state index contributed by atoms with van der Waals surface area (Å²) in [6.07, 6.45) is 0. The molecule has 4 heteroatoms. The van der Waals surface area contributed by atoms with Gasteiger partial charge in [0.1, 0.15) is 0 Å². The second-order valence-corrected chi connectivity index (χ2v) is 5.00. The molecular formula is C13H17ClN2O. The number of carbonyl (C=O) groups excluding carboxylic acids is 1. The third-order valence-corrected chi connectivity index (χ3v) is 3.32. The Balaban J connectivity index is 2.18. The first-order chi connectivity index (χ1) is 8.08. The van der Waals surface area contributed by atoms with Crippen LogP contribution in [-0.4, -0.2) is 36.5 Å². The highest BCUT2D eigenvalue weighted by Crippen LogP contribution is 2.19. The molecule has 1 aliphatic heterocycles. The maximum absolute atomic E-state index is 12.3. The Morgan fingerprint density at radius 3 is 2.94 bits per heavy atom. The fourth-order valence-electron chi connectivity index (χ4n) is 2.08. The first-order valence-corrected chi connectivity index (χ1v) is 6.24. The number of carbonyl (C=O) groups is 1. The zero-order chi connectivity index (χ0) is 12.4. The van der Waals surface area contributed by atoms with Gasteiger partial charge in [-0.05, 0) is 31.5 Å². The van der Waals surface area contributed by atoms with Crippen LogP contribution in [0.15, 0.2) is 18.2 Å². The second-order valence-electron chi connectivity index (χ2n) is 4.59. The normalized spacial score (nSPS) is 20.4. The van der Waals surface area contributed by atoms with E-state index in [0.29, 0.717) is 16.6 Å². The Morgan fingerprint density at radius 1 is 1.53 bits per heavy atom. The van der Waals surface area contributed by atoms with E-state index in [1.165, 1.54) is 0 Å². The van der Waals surface area contributed by atoms with Gasteiger partial charge in [0, 0.05) is 25.7 Å². The summed E-state index contributed by atoms with van der Waals surface area (Å²) in [5.41, 5.74) is 1.67. The molecule has 0 aliphatic carbocycles. The van der Waals surface area contributed by atoms with Crippen molar-refractivity contribution in [2.45, 2.75) is 19.9 Å². The first kappa shape index (κ1) is 12.4. The molecule has 0 saturated carbocycles. The quantitative estimate of drug-likeness (QED) is 0.830. The van der Waals surface area contributed by atoms with Crippen molar-refractivity contribution in [2.24, 2.45) is 0 Å². The lowest BCUT2D eigenvalue weighted by Gasteiger charge is -2.32. The largest absolute Gasteiger partial charge is 0.336 e. The van der Waals surface area contributed by atoms with Gasteiger partial charge in [0.05, 0.1) is 10.6 Å². The smallest absolute Gasteiger partial charge is 0.255 e. The molecule has 0 unspecified atom stereocenters. The van der Waals surface area contributed by atoms with Crippen molar-refractivity contribution in [1.29, 1.82) is 0 Å². The molecule has 0 radical (unpaired) electrons. The number of rotatable bonds is 1. The fraction of sp³-hybridized carbons (Fsp3) is 0.462. The summed E-state index contributed by atoms with van der Waals surface area (Å²) in [6, 6.07) is 5.91. The van der Waals surface area contributed by atoms with Crippen LogP contribution in [0.25, 0.3) is 0 Å². The summed E-state index contributed by atoms with van der Waals surface area (Å²) < 4.78 is 0. The van der Waals surface area contributed by atoms with E-state index in [9.17, 15) is 4.79 Å². The number of halogens is 1. The number of hydrogen-bond acceptors (Lipinski definition) is 2. The van der Waals surface area contributed by atoms with E-state index < -0.39 is 0 Å².